The van der Waals surface area contributed by atoms with Crippen LogP contribution in [0.15, 0.2) is 0 Å². The largest absolute Gasteiger partial charge is 0.316 e. The number of hydrogen-bond acceptors (Lipinski definition) is 4. The van der Waals surface area contributed by atoms with Crippen LogP contribution in [0.4, 0.5) is 0 Å². The molecule has 110 valence electrons. The Hall–Kier alpha value is -0.880. The zero-order chi connectivity index (χ0) is 14.5. The van der Waals surface area contributed by atoms with Crippen LogP contribution in [0.5, 0.6) is 0 Å². The quantitative estimate of drug-likeness (QED) is 0.727. The van der Waals surface area contributed by atoms with Crippen LogP contribution in [0.1, 0.15) is 30.3 Å². The Morgan fingerprint density at radius 3 is 2.53 bits per heavy atom. The van der Waals surface area contributed by atoms with Crippen LogP contribution in [0, 0.1) is 13.8 Å². The predicted octanol–water partition coefficient (Wildman–Crippen LogP) is 1.09. The number of nitrogens with zero attached hydrogens (tertiary/aromatic N) is 2. The lowest BCUT2D eigenvalue weighted by Gasteiger charge is -2.05. The zero-order valence-corrected chi connectivity index (χ0v) is 13.2. The summed E-state index contributed by atoms with van der Waals surface area (Å²) >= 11 is 0. The molecule has 1 N–H and O–H groups in total. The first-order chi connectivity index (χ1) is 8.85. The minimum absolute atomic E-state index is 0.141. The number of aromatic nitrogens is 2. The Morgan fingerprint density at radius 1 is 1.26 bits per heavy atom. The lowest BCUT2D eigenvalue weighted by Crippen LogP contribution is -2.18. The van der Waals surface area contributed by atoms with Crippen molar-refractivity contribution in [3.63, 3.8) is 0 Å². The number of nitrogens with one attached hydrogen (secondary N) is 1. The summed E-state index contributed by atoms with van der Waals surface area (Å²) in [5.74, 6) is 0.141. The van der Waals surface area contributed by atoms with Crippen molar-refractivity contribution in [1.82, 2.24) is 15.1 Å². The Labute approximate surface area is 116 Å². The molecule has 0 saturated carbocycles. The zero-order valence-electron chi connectivity index (χ0n) is 12.4. The lowest BCUT2D eigenvalue weighted by atomic mass is 10.1. The molecule has 0 bridgehead atoms. The van der Waals surface area contributed by atoms with E-state index in [9.17, 15) is 8.42 Å². The molecular weight excluding hydrogens is 262 g/mol. The number of sulfone groups is 1. The summed E-state index contributed by atoms with van der Waals surface area (Å²) in [6, 6.07) is 0. The molecule has 1 rings (SSSR count). The van der Waals surface area contributed by atoms with Gasteiger partial charge in [0.1, 0.15) is 9.84 Å². The summed E-state index contributed by atoms with van der Waals surface area (Å²) in [7, 11) is -2.94. The third-order valence-electron chi connectivity index (χ3n) is 3.18. The smallest absolute Gasteiger partial charge is 0.149 e. The van der Waals surface area contributed by atoms with Gasteiger partial charge in [-0.15, -0.1) is 0 Å². The second kappa shape index (κ2) is 7.05. The van der Waals surface area contributed by atoms with Crippen LogP contribution < -0.4 is 5.32 Å². The lowest BCUT2D eigenvalue weighted by molar-refractivity contribution is 0.580. The second-order valence-electron chi connectivity index (χ2n) is 5.00. The van der Waals surface area contributed by atoms with Crippen molar-refractivity contribution in [3.8, 4) is 0 Å². The van der Waals surface area contributed by atoms with Crippen LogP contribution in [0.3, 0.4) is 0 Å². The van der Waals surface area contributed by atoms with Gasteiger partial charge in [0.2, 0.25) is 0 Å². The molecule has 0 amide bonds. The second-order valence-corrected chi connectivity index (χ2v) is 7.26. The summed E-state index contributed by atoms with van der Waals surface area (Å²) in [6.07, 6.45) is 3.33. The van der Waals surface area contributed by atoms with E-state index in [2.05, 4.69) is 17.3 Å². The molecule has 0 aliphatic heterocycles. The van der Waals surface area contributed by atoms with E-state index >= 15 is 0 Å². The van der Waals surface area contributed by atoms with Gasteiger partial charge in [-0.2, -0.15) is 5.10 Å². The summed E-state index contributed by atoms with van der Waals surface area (Å²) < 4.78 is 24.2. The highest BCUT2D eigenvalue weighted by Crippen LogP contribution is 2.13. The van der Waals surface area contributed by atoms with Crippen molar-refractivity contribution in [1.29, 1.82) is 0 Å². The predicted molar refractivity (Wildman–Crippen MR) is 78.3 cm³/mol. The Morgan fingerprint density at radius 2 is 1.95 bits per heavy atom. The third kappa shape index (κ3) is 5.32. The molecule has 1 aromatic heterocycles. The van der Waals surface area contributed by atoms with Gasteiger partial charge >= 0.3 is 0 Å². The molecular formula is C13H25N3O2S. The maximum absolute atomic E-state index is 11.2. The van der Waals surface area contributed by atoms with E-state index in [1.165, 1.54) is 11.8 Å². The minimum atomic E-state index is -2.94. The Bertz CT molecular complexity index is 506. The average Bonchev–Trinajstić information content (AvgIpc) is 2.58. The molecule has 6 heteroatoms. The van der Waals surface area contributed by atoms with Crippen molar-refractivity contribution in [3.05, 3.63) is 17.0 Å². The fraction of sp³-hybridized carbons (Fsp3) is 0.769. The van der Waals surface area contributed by atoms with Crippen molar-refractivity contribution in [2.45, 2.75) is 40.2 Å². The highest BCUT2D eigenvalue weighted by Gasteiger charge is 2.12. The first-order valence-corrected chi connectivity index (χ1v) is 8.82. The van der Waals surface area contributed by atoms with Crippen LogP contribution in [0.25, 0.3) is 0 Å². The first kappa shape index (κ1) is 16.2. The van der Waals surface area contributed by atoms with E-state index in [-0.39, 0.29) is 5.75 Å². The van der Waals surface area contributed by atoms with Crippen molar-refractivity contribution < 1.29 is 8.42 Å². The van der Waals surface area contributed by atoms with E-state index in [1.54, 1.807) is 0 Å². The summed E-state index contributed by atoms with van der Waals surface area (Å²) in [6.45, 7) is 8.55. The van der Waals surface area contributed by atoms with Gasteiger partial charge in [0, 0.05) is 11.9 Å². The van der Waals surface area contributed by atoms with E-state index in [4.69, 9.17) is 0 Å². The molecule has 0 atom stereocenters. The third-order valence-corrected chi connectivity index (χ3v) is 4.11. The van der Waals surface area contributed by atoms with Gasteiger partial charge in [0.05, 0.1) is 18.0 Å². The maximum atomic E-state index is 11.2. The standard InChI is InChI=1S/C13H25N3O2S/c1-5-7-14-8-6-13-11(2)15-16(12(13)3)9-10-19(4,17)18/h14H,5-10H2,1-4H3. The van der Waals surface area contributed by atoms with Crippen LogP contribution in [-0.2, 0) is 22.8 Å². The van der Waals surface area contributed by atoms with Gasteiger partial charge < -0.3 is 5.32 Å². The maximum Gasteiger partial charge on any atom is 0.149 e. The molecule has 0 aromatic carbocycles. The molecule has 5 nitrogen and oxygen atoms in total. The van der Waals surface area contributed by atoms with Gasteiger partial charge in [0.15, 0.2) is 0 Å². The molecule has 0 fully saturated rings. The fourth-order valence-electron chi connectivity index (χ4n) is 2.08. The molecule has 0 saturated heterocycles. The number of aryl methyl sites for hydroxylation is 2. The normalized spacial score (nSPS) is 12.0. The average molecular weight is 287 g/mol. The molecule has 1 aromatic rings. The Kier molecular flexibility index (Phi) is 6.00. The van der Waals surface area contributed by atoms with E-state index in [0.29, 0.717) is 6.54 Å². The molecule has 0 unspecified atom stereocenters. The van der Waals surface area contributed by atoms with Crippen molar-refractivity contribution in [2.24, 2.45) is 0 Å². The SMILES string of the molecule is CCCNCCc1c(C)nn(CCS(C)(=O)=O)c1C. The molecule has 0 radical (unpaired) electrons. The molecule has 1 heterocycles. The van der Waals surface area contributed by atoms with Crippen molar-refractivity contribution in [2.75, 3.05) is 25.1 Å². The fourth-order valence-corrected chi connectivity index (χ4v) is 2.59. The monoisotopic (exact) mass is 287 g/mol. The van der Waals surface area contributed by atoms with Crippen LogP contribution in [-0.4, -0.2) is 43.3 Å². The van der Waals surface area contributed by atoms with Gasteiger partial charge in [0.25, 0.3) is 0 Å². The number of rotatable bonds is 8. The minimum Gasteiger partial charge on any atom is -0.316 e. The van der Waals surface area contributed by atoms with Crippen LogP contribution in [0.2, 0.25) is 0 Å². The highest BCUT2D eigenvalue weighted by molar-refractivity contribution is 7.90. The van der Waals surface area contributed by atoms with Gasteiger partial charge in [-0.25, -0.2) is 8.42 Å². The van der Waals surface area contributed by atoms with E-state index in [1.807, 2.05) is 18.5 Å². The number of hydrogen-bond donors (Lipinski definition) is 1. The summed E-state index contributed by atoms with van der Waals surface area (Å²) in [5.41, 5.74) is 3.32. The first-order valence-electron chi connectivity index (χ1n) is 6.76. The molecule has 0 aliphatic rings. The van der Waals surface area contributed by atoms with Crippen molar-refractivity contribution >= 4 is 9.84 Å². The molecule has 0 aliphatic carbocycles. The van der Waals surface area contributed by atoms with Gasteiger partial charge in [-0.1, -0.05) is 6.92 Å². The van der Waals surface area contributed by atoms with Gasteiger partial charge in [-0.05, 0) is 45.3 Å². The summed E-state index contributed by atoms with van der Waals surface area (Å²) in [4.78, 5) is 0. The highest BCUT2D eigenvalue weighted by atomic mass is 32.2. The topological polar surface area (TPSA) is 64.0 Å². The van der Waals surface area contributed by atoms with E-state index < -0.39 is 9.84 Å². The summed E-state index contributed by atoms with van der Waals surface area (Å²) in [5, 5.41) is 7.81. The van der Waals surface area contributed by atoms with Crippen LogP contribution >= 0.6 is 0 Å². The van der Waals surface area contributed by atoms with Gasteiger partial charge in [-0.3, -0.25) is 4.68 Å². The molecule has 0 spiro atoms. The Balaban J connectivity index is 2.66. The molecule has 19 heavy (non-hydrogen) atoms. The van der Waals surface area contributed by atoms with E-state index in [0.717, 1.165) is 37.3 Å².